The predicted octanol–water partition coefficient (Wildman–Crippen LogP) is 5.98. The Morgan fingerprint density at radius 2 is 1.78 bits per heavy atom. The van der Waals surface area contributed by atoms with E-state index in [9.17, 15) is 18.7 Å². The van der Waals surface area contributed by atoms with Gasteiger partial charge >= 0.3 is 5.97 Å². The molecule has 0 radical (unpaired) electrons. The van der Waals surface area contributed by atoms with E-state index >= 15 is 0 Å². The van der Waals surface area contributed by atoms with Gasteiger partial charge in [0.25, 0.3) is 0 Å². The number of likely N-dealkylation sites (tertiary alicyclic amines) is 2. The lowest BCUT2D eigenvalue weighted by Crippen LogP contribution is -2.44. The van der Waals surface area contributed by atoms with Crippen LogP contribution in [0.15, 0.2) is 53.4 Å². The fourth-order valence-corrected chi connectivity index (χ4v) is 6.97. The van der Waals surface area contributed by atoms with E-state index in [-0.39, 0.29) is 29.4 Å². The third-order valence-electron chi connectivity index (χ3n) is 7.83. The normalized spacial score (nSPS) is 22.8. The van der Waals surface area contributed by atoms with E-state index in [4.69, 9.17) is 0 Å². The molecule has 0 saturated carbocycles. The van der Waals surface area contributed by atoms with Gasteiger partial charge in [0.05, 0.1) is 0 Å². The second-order valence-electron chi connectivity index (χ2n) is 10.7. The van der Waals surface area contributed by atoms with Crippen molar-refractivity contribution < 1.29 is 18.7 Å². The highest BCUT2D eigenvalue weighted by molar-refractivity contribution is 7.99. The average molecular weight is 517 g/mol. The molecule has 4 nitrogen and oxygen atoms in total. The number of carboxylic acids is 1. The molecule has 0 aromatic heterocycles. The number of rotatable bonds is 10. The Morgan fingerprint density at radius 3 is 2.42 bits per heavy atom. The molecule has 0 bridgehead atoms. The van der Waals surface area contributed by atoms with Gasteiger partial charge in [-0.3, -0.25) is 9.69 Å². The topological polar surface area (TPSA) is 43.8 Å². The highest BCUT2D eigenvalue weighted by atomic mass is 32.2. The molecule has 0 unspecified atom stereocenters. The minimum absolute atomic E-state index is 0.0120. The smallest absolute Gasteiger partial charge is 0.321 e. The van der Waals surface area contributed by atoms with Gasteiger partial charge < -0.3 is 10.0 Å². The fraction of sp³-hybridized carbons (Fsp3) is 0.552. The summed E-state index contributed by atoms with van der Waals surface area (Å²) in [6.07, 6.45) is 3.48. The third-order valence-corrected chi connectivity index (χ3v) is 8.88. The molecule has 0 aliphatic carbocycles. The summed E-state index contributed by atoms with van der Waals surface area (Å²) in [5, 5.41) is 9.87. The summed E-state index contributed by atoms with van der Waals surface area (Å²) in [5.41, 5.74) is 0.975. The summed E-state index contributed by atoms with van der Waals surface area (Å²) in [6.45, 7) is 8.31. The van der Waals surface area contributed by atoms with Crippen molar-refractivity contribution in [2.45, 2.75) is 50.0 Å². The van der Waals surface area contributed by atoms with Gasteiger partial charge in [-0.05, 0) is 97.8 Å². The number of thioether (sulfide) groups is 1. The van der Waals surface area contributed by atoms with E-state index < -0.39 is 12.0 Å². The van der Waals surface area contributed by atoms with Crippen LogP contribution in [0.5, 0.6) is 0 Å². The van der Waals surface area contributed by atoms with Crippen LogP contribution < -0.4 is 0 Å². The molecular formula is C29H38F2N2O2S. The molecule has 36 heavy (non-hydrogen) atoms. The van der Waals surface area contributed by atoms with E-state index in [1.165, 1.54) is 18.2 Å². The van der Waals surface area contributed by atoms with Crippen molar-refractivity contribution in [3.8, 4) is 0 Å². The number of halogens is 2. The Morgan fingerprint density at radius 1 is 1.06 bits per heavy atom. The second-order valence-corrected chi connectivity index (χ2v) is 11.9. The zero-order chi connectivity index (χ0) is 25.7. The summed E-state index contributed by atoms with van der Waals surface area (Å²) in [6, 6.07) is 13.0. The number of nitrogens with zero attached hydrogens (tertiary/aromatic N) is 2. The summed E-state index contributed by atoms with van der Waals surface area (Å²) >= 11 is 1.79. The molecule has 0 amide bonds. The van der Waals surface area contributed by atoms with Crippen molar-refractivity contribution in [3.05, 3.63) is 65.7 Å². The van der Waals surface area contributed by atoms with Gasteiger partial charge in [0.15, 0.2) is 0 Å². The van der Waals surface area contributed by atoms with Crippen molar-refractivity contribution >= 4 is 17.7 Å². The van der Waals surface area contributed by atoms with Crippen molar-refractivity contribution in [2.24, 2.45) is 17.8 Å². The highest BCUT2D eigenvalue weighted by Crippen LogP contribution is 2.37. The lowest BCUT2D eigenvalue weighted by molar-refractivity contribution is -0.144. The van der Waals surface area contributed by atoms with Crippen LogP contribution in [0.3, 0.4) is 0 Å². The van der Waals surface area contributed by atoms with Crippen LogP contribution in [0.2, 0.25) is 0 Å². The first-order chi connectivity index (χ1) is 17.3. The maximum atomic E-state index is 14.1. The number of benzene rings is 2. The quantitative estimate of drug-likeness (QED) is 0.394. The Balaban J connectivity index is 1.32. The van der Waals surface area contributed by atoms with Gasteiger partial charge in [-0.2, -0.15) is 0 Å². The minimum atomic E-state index is -0.775. The summed E-state index contributed by atoms with van der Waals surface area (Å²) < 4.78 is 27.1. The van der Waals surface area contributed by atoms with Crippen molar-refractivity contribution in [3.63, 3.8) is 0 Å². The molecule has 2 aliphatic heterocycles. The van der Waals surface area contributed by atoms with Crippen molar-refractivity contribution in [1.82, 2.24) is 9.80 Å². The molecule has 2 heterocycles. The van der Waals surface area contributed by atoms with Gasteiger partial charge in [0.1, 0.15) is 17.7 Å². The van der Waals surface area contributed by atoms with E-state index in [1.54, 1.807) is 23.9 Å². The van der Waals surface area contributed by atoms with Crippen LogP contribution >= 0.6 is 11.8 Å². The van der Waals surface area contributed by atoms with Gasteiger partial charge in [0.2, 0.25) is 0 Å². The van der Waals surface area contributed by atoms with Crippen LogP contribution in [0, 0.1) is 29.4 Å². The standard InChI is InChI=1S/C29H38F2N2O2S/c1-20(2)28(29(34)35)33-18-23(27(19-33)22-4-3-5-25(31)16-22)17-32-13-10-21(11-14-32)12-15-36-26-8-6-24(30)7-9-26/h3-9,16,20-21,23,27-28H,10-15,17-19H2,1-2H3,(H,34,35)/t23-,27+,28+/m0/s1. The molecule has 3 atom stereocenters. The molecule has 1 N–H and O–H groups in total. The molecule has 7 heteroatoms. The monoisotopic (exact) mass is 516 g/mol. The molecule has 0 spiro atoms. The van der Waals surface area contributed by atoms with Gasteiger partial charge in [-0.25, -0.2) is 8.78 Å². The number of carbonyl (C=O) groups is 1. The third kappa shape index (κ3) is 7.08. The fourth-order valence-electron chi connectivity index (χ4n) is 5.96. The molecular weight excluding hydrogens is 478 g/mol. The maximum Gasteiger partial charge on any atom is 0.321 e. The SMILES string of the molecule is CC(C)[C@H](C(=O)O)N1C[C@H](CN2CCC(CCSc3ccc(F)cc3)CC2)[C@@H](c2cccc(F)c2)C1. The van der Waals surface area contributed by atoms with Crippen molar-refractivity contribution in [1.29, 1.82) is 0 Å². The Bertz CT molecular complexity index is 995. The summed E-state index contributed by atoms with van der Waals surface area (Å²) in [4.78, 5) is 17.8. The lowest BCUT2D eigenvalue weighted by atomic mass is 9.87. The van der Waals surface area contributed by atoms with Crippen molar-refractivity contribution in [2.75, 3.05) is 38.5 Å². The number of hydrogen-bond donors (Lipinski definition) is 1. The Labute approximate surface area is 218 Å². The van der Waals surface area contributed by atoms with Crippen LogP contribution in [0.4, 0.5) is 8.78 Å². The van der Waals surface area contributed by atoms with Gasteiger partial charge in [0, 0.05) is 30.4 Å². The molecule has 2 aliphatic rings. The number of carboxylic acid groups (broad SMARTS) is 1. The Hall–Kier alpha value is -1.96. The van der Waals surface area contributed by atoms with E-state index in [2.05, 4.69) is 9.80 Å². The van der Waals surface area contributed by atoms with Gasteiger partial charge in [-0.1, -0.05) is 26.0 Å². The zero-order valence-electron chi connectivity index (χ0n) is 21.3. The van der Waals surface area contributed by atoms with E-state index in [0.717, 1.165) is 61.7 Å². The first-order valence-corrected chi connectivity index (χ1v) is 14.1. The number of hydrogen-bond acceptors (Lipinski definition) is 4. The second kappa shape index (κ2) is 12.5. The summed E-state index contributed by atoms with van der Waals surface area (Å²) in [5.74, 6) is 0.958. The minimum Gasteiger partial charge on any atom is -0.480 e. The number of aliphatic carboxylic acids is 1. The van der Waals surface area contributed by atoms with Crippen LogP contribution in [0.25, 0.3) is 0 Å². The average Bonchev–Trinajstić information content (AvgIpc) is 3.24. The molecule has 2 saturated heterocycles. The first kappa shape index (κ1) is 27.1. The largest absolute Gasteiger partial charge is 0.480 e. The van der Waals surface area contributed by atoms with Gasteiger partial charge in [-0.15, -0.1) is 11.8 Å². The maximum absolute atomic E-state index is 14.1. The van der Waals surface area contributed by atoms with Crippen LogP contribution in [-0.2, 0) is 4.79 Å². The lowest BCUT2D eigenvalue weighted by Gasteiger charge is -2.35. The molecule has 2 aromatic rings. The zero-order valence-corrected chi connectivity index (χ0v) is 22.1. The van der Waals surface area contributed by atoms with E-state index in [1.807, 2.05) is 32.0 Å². The molecule has 2 fully saturated rings. The van der Waals surface area contributed by atoms with Crippen LogP contribution in [0.1, 0.15) is 44.6 Å². The molecule has 4 rings (SSSR count). The number of piperidine rings is 1. The molecule has 196 valence electrons. The van der Waals surface area contributed by atoms with Crippen LogP contribution in [-0.4, -0.2) is 65.4 Å². The predicted molar refractivity (Wildman–Crippen MR) is 141 cm³/mol. The first-order valence-electron chi connectivity index (χ1n) is 13.1. The highest BCUT2D eigenvalue weighted by Gasteiger charge is 2.41. The molecule has 2 aromatic carbocycles. The van der Waals surface area contributed by atoms with E-state index in [0.29, 0.717) is 12.5 Å². The Kier molecular flexibility index (Phi) is 9.42. The summed E-state index contributed by atoms with van der Waals surface area (Å²) in [7, 11) is 0.